The van der Waals surface area contributed by atoms with E-state index in [0.717, 1.165) is 34.2 Å². The Bertz CT molecular complexity index is 1210. The highest BCUT2D eigenvalue weighted by molar-refractivity contribution is 5.89. The number of benzene rings is 1. The molecule has 1 aromatic carbocycles. The van der Waals surface area contributed by atoms with Gasteiger partial charge in [0.25, 0.3) is 0 Å². The molecule has 5 rings (SSSR count). The van der Waals surface area contributed by atoms with Gasteiger partial charge in [0.1, 0.15) is 11.7 Å². The van der Waals surface area contributed by atoms with E-state index in [1.807, 2.05) is 42.4 Å². The van der Waals surface area contributed by atoms with E-state index in [2.05, 4.69) is 25.4 Å². The number of ether oxygens (including phenoxy) is 1. The summed E-state index contributed by atoms with van der Waals surface area (Å²) in [5, 5.41) is 7.69. The van der Waals surface area contributed by atoms with Crippen LogP contribution in [0.5, 0.6) is 5.88 Å². The second-order valence-corrected chi connectivity index (χ2v) is 7.54. The summed E-state index contributed by atoms with van der Waals surface area (Å²) in [7, 11) is 3.50. The summed E-state index contributed by atoms with van der Waals surface area (Å²) in [6.45, 7) is 1.23. The molecule has 4 heterocycles. The molecule has 1 saturated heterocycles. The molecule has 3 aromatic heterocycles. The van der Waals surface area contributed by atoms with Crippen molar-refractivity contribution in [2.24, 2.45) is 0 Å². The van der Waals surface area contributed by atoms with Gasteiger partial charge in [-0.1, -0.05) is 6.07 Å². The summed E-state index contributed by atoms with van der Waals surface area (Å²) in [6.07, 6.45) is 4.91. The summed E-state index contributed by atoms with van der Waals surface area (Å²) in [6, 6.07) is 7.55. The van der Waals surface area contributed by atoms with Crippen LogP contribution in [-0.2, 0) is 0 Å². The van der Waals surface area contributed by atoms with Gasteiger partial charge in [-0.3, -0.25) is 9.97 Å². The Morgan fingerprint density at radius 2 is 2.00 bits per heavy atom. The topological polar surface area (TPSA) is 80.5 Å². The van der Waals surface area contributed by atoms with Crippen LogP contribution >= 0.6 is 0 Å². The van der Waals surface area contributed by atoms with Crippen LogP contribution in [0, 0.1) is 0 Å². The Morgan fingerprint density at radius 1 is 1.17 bits per heavy atom. The number of likely N-dealkylation sites (tertiary alicyclic amines) is 1. The first-order valence-electron chi connectivity index (χ1n) is 9.86. The van der Waals surface area contributed by atoms with E-state index in [-0.39, 0.29) is 6.04 Å². The number of anilines is 1. The van der Waals surface area contributed by atoms with Gasteiger partial charge in [0.05, 0.1) is 24.2 Å². The Balaban J connectivity index is 1.52. The van der Waals surface area contributed by atoms with Crippen LogP contribution in [-0.4, -0.2) is 68.9 Å². The number of rotatable bonds is 4. The van der Waals surface area contributed by atoms with E-state index >= 15 is 0 Å². The monoisotopic (exact) mass is 407 g/mol. The van der Waals surface area contributed by atoms with Crippen LogP contribution < -0.4 is 10.1 Å². The molecular formula is C21H22FN7O. The number of aromatic nitrogens is 5. The highest BCUT2D eigenvalue weighted by atomic mass is 19.1. The van der Waals surface area contributed by atoms with Crippen molar-refractivity contribution < 1.29 is 9.13 Å². The van der Waals surface area contributed by atoms with Gasteiger partial charge in [-0.2, -0.15) is 4.98 Å². The number of piperidine rings is 1. The molecule has 1 fully saturated rings. The minimum Gasteiger partial charge on any atom is -0.479 e. The molecule has 0 spiro atoms. The lowest BCUT2D eigenvalue weighted by molar-refractivity contribution is 0.149. The fourth-order valence-electron chi connectivity index (χ4n) is 3.94. The SMILES string of the molecule is COc1nc(N[C@@H]2CCN(C)C[C@@H]2F)nn2ccc(-c3ccc4nccnc4c3)c12. The largest absolute Gasteiger partial charge is 0.479 e. The predicted octanol–water partition coefficient (Wildman–Crippen LogP) is 2.80. The standard InChI is InChI=1S/C21H22FN7O/c1-28-9-6-16(15(22)12-28)25-21-26-20(30-2)19-14(5-10-29(19)27-21)13-3-4-17-18(11-13)24-8-7-23-17/h3-5,7-8,10-11,15-16H,6,9,12H2,1-2H3,(H,25,27)/t15-,16+/m0/s1. The van der Waals surface area contributed by atoms with Crippen LogP contribution in [0.2, 0.25) is 0 Å². The van der Waals surface area contributed by atoms with Crippen molar-refractivity contribution in [2.45, 2.75) is 18.6 Å². The van der Waals surface area contributed by atoms with Crippen LogP contribution in [0.4, 0.5) is 10.3 Å². The molecule has 30 heavy (non-hydrogen) atoms. The fraction of sp³-hybridized carbons (Fsp3) is 0.333. The molecule has 2 atom stereocenters. The van der Waals surface area contributed by atoms with Crippen molar-refractivity contribution >= 4 is 22.5 Å². The second-order valence-electron chi connectivity index (χ2n) is 7.54. The predicted molar refractivity (Wildman–Crippen MR) is 112 cm³/mol. The number of halogens is 1. The third-order valence-electron chi connectivity index (χ3n) is 5.51. The number of hydrogen-bond donors (Lipinski definition) is 1. The third kappa shape index (κ3) is 3.30. The first-order chi connectivity index (χ1) is 14.6. The number of nitrogens with zero attached hydrogens (tertiary/aromatic N) is 6. The zero-order valence-electron chi connectivity index (χ0n) is 16.8. The van der Waals surface area contributed by atoms with Gasteiger partial charge in [0.15, 0.2) is 0 Å². The lowest BCUT2D eigenvalue weighted by atomic mass is 10.0. The molecule has 0 amide bonds. The van der Waals surface area contributed by atoms with Gasteiger partial charge in [-0.25, -0.2) is 8.91 Å². The van der Waals surface area contributed by atoms with Crippen LogP contribution in [0.15, 0.2) is 42.9 Å². The fourth-order valence-corrected chi connectivity index (χ4v) is 3.94. The molecule has 1 N–H and O–H groups in total. The summed E-state index contributed by atoms with van der Waals surface area (Å²) in [5.74, 6) is 0.776. The summed E-state index contributed by atoms with van der Waals surface area (Å²) in [4.78, 5) is 15.2. The van der Waals surface area contributed by atoms with Gasteiger partial charge >= 0.3 is 0 Å². The van der Waals surface area contributed by atoms with Crippen molar-refractivity contribution in [2.75, 3.05) is 32.6 Å². The van der Waals surface area contributed by atoms with E-state index in [1.54, 1.807) is 24.0 Å². The first-order valence-corrected chi connectivity index (χ1v) is 9.86. The van der Waals surface area contributed by atoms with E-state index in [0.29, 0.717) is 24.8 Å². The highest BCUT2D eigenvalue weighted by Gasteiger charge is 2.28. The van der Waals surface area contributed by atoms with Gasteiger partial charge in [-0.05, 0) is 37.2 Å². The molecule has 0 radical (unpaired) electrons. The van der Waals surface area contributed by atoms with Crippen molar-refractivity contribution in [1.29, 1.82) is 0 Å². The Labute approximate surface area is 172 Å². The van der Waals surface area contributed by atoms with Crippen LogP contribution in [0.3, 0.4) is 0 Å². The maximum Gasteiger partial charge on any atom is 0.244 e. The molecular weight excluding hydrogens is 385 g/mol. The van der Waals surface area contributed by atoms with E-state index < -0.39 is 6.17 Å². The molecule has 9 heteroatoms. The minimum atomic E-state index is -0.979. The van der Waals surface area contributed by atoms with Crippen molar-refractivity contribution in [3.8, 4) is 17.0 Å². The molecule has 1 aliphatic rings. The Kier molecular flexibility index (Phi) is 4.66. The van der Waals surface area contributed by atoms with Gasteiger partial charge in [-0.15, -0.1) is 5.10 Å². The third-order valence-corrected chi connectivity index (χ3v) is 5.51. The summed E-state index contributed by atoms with van der Waals surface area (Å²) in [5.41, 5.74) is 4.27. The minimum absolute atomic E-state index is 0.322. The molecule has 0 saturated carbocycles. The van der Waals surface area contributed by atoms with E-state index in [9.17, 15) is 4.39 Å². The molecule has 4 aromatic rings. The number of hydrogen-bond acceptors (Lipinski definition) is 7. The van der Waals surface area contributed by atoms with Crippen LogP contribution in [0.1, 0.15) is 6.42 Å². The quantitative estimate of drug-likeness (QED) is 0.557. The lowest BCUT2D eigenvalue weighted by Crippen LogP contribution is -2.46. The normalized spacial score (nSPS) is 20.0. The molecule has 0 bridgehead atoms. The van der Waals surface area contributed by atoms with Crippen LogP contribution in [0.25, 0.3) is 27.7 Å². The summed E-state index contributed by atoms with van der Waals surface area (Å²) < 4.78 is 21.7. The molecule has 0 aliphatic carbocycles. The molecule has 154 valence electrons. The second kappa shape index (κ2) is 7.49. The maximum atomic E-state index is 14.4. The Hall–Kier alpha value is -3.33. The smallest absolute Gasteiger partial charge is 0.244 e. The van der Waals surface area contributed by atoms with Crippen molar-refractivity contribution in [3.63, 3.8) is 0 Å². The maximum absolute atomic E-state index is 14.4. The molecule has 8 nitrogen and oxygen atoms in total. The Morgan fingerprint density at radius 3 is 2.80 bits per heavy atom. The number of methoxy groups -OCH3 is 1. The highest BCUT2D eigenvalue weighted by Crippen LogP contribution is 2.32. The average Bonchev–Trinajstić information content (AvgIpc) is 3.19. The zero-order valence-corrected chi connectivity index (χ0v) is 16.8. The van der Waals surface area contributed by atoms with Gasteiger partial charge in [0, 0.05) is 37.2 Å². The van der Waals surface area contributed by atoms with Gasteiger partial charge < -0.3 is 15.0 Å². The number of fused-ring (bicyclic) bond motifs is 2. The molecule has 1 aliphatic heterocycles. The number of nitrogens with one attached hydrogen (secondary N) is 1. The van der Waals surface area contributed by atoms with Gasteiger partial charge in [0.2, 0.25) is 11.8 Å². The average molecular weight is 407 g/mol. The van der Waals surface area contributed by atoms with E-state index in [1.165, 1.54) is 0 Å². The molecule has 0 unspecified atom stereocenters. The van der Waals surface area contributed by atoms with Crippen molar-refractivity contribution in [1.82, 2.24) is 29.5 Å². The zero-order chi connectivity index (χ0) is 20.7. The van der Waals surface area contributed by atoms with E-state index in [4.69, 9.17) is 4.74 Å². The number of alkyl halides is 1. The first kappa shape index (κ1) is 18.7. The summed E-state index contributed by atoms with van der Waals surface area (Å²) >= 11 is 0. The van der Waals surface area contributed by atoms with Crippen molar-refractivity contribution in [3.05, 3.63) is 42.9 Å². The lowest BCUT2D eigenvalue weighted by Gasteiger charge is -2.32.